The molecule has 0 saturated heterocycles. The third-order valence-electron chi connectivity index (χ3n) is 3.03. The van der Waals surface area contributed by atoms with Crippen LogP contribution in [0.5, 0.6) is 0 Å². The maximum atomic E-state index is 13.9. The van der Waals surface area contributed by atoms with E-state index >= 15 is 0 Å². The van der Waals surface area contributed by atoms with Crippen LogP contribution >= 0.6 is 11.3 Å². The monoisotopic (exact) mass is 276 g/mol. The van der Waals surface area contributed by atoms with E-state index in [0.29, 0.717) is 11.3 Å². The van der Waals surface area contributed by atoms with Gasteiger partial charge in [0.25, 0.3) is 0 Å². The van der Waals surface area contributed by atoms with Gasteiger partial charge in [0.15, 0.2) is 4.96 Å². The number of rotatable bonds is 3. The Morgan fingerprint density at radius 2 is 2.16 bits per heavy atom. The Hall–Kier alpha value is -1.76. The highest BCUT2D eigenvalue weighted by Gasteiger charge is 2.21. The first-order chi connectivity index (χ1) is 9.22. The second-order valence-corrected chi connectivity index (χ2v) is 5.10. The number of thiazole rings is 1. The van der Waals surface area contributed by atoms with E-state index < -0.39 is 0 Å². The molecule has 3 aromatic rings. The quantitative estimate of drug-likeness (QED) is 0.770. The van der Waals surface area contributed by atoms with Gasteiger partial charge in [-0.2, -0.15) is 0 Å². The lowest BCUT2D eigenvalue weighted by atomic mass is 10.1. The number of hydrogen-bond donors (Lipinski definition) is 2. The first kappa shape index (κ1) is 12.3. The highest BCUT2D eigenvalue weighted by molar-refractivity contribution is 7.15. The lowest BCUT2D eigenvalue weighted by Gasteiger charge is -2.11. The predicted octanol–water partition coefficient (Wildman–Crippen LogP) is 2.16. The normalized spacial score (nSPS) is 13.0. The van der Waals surface area contributed by atoms with Crippen LogP contribution in [0.15, 0.2) is 35.8 Å². The molecule has 4 N–H and O–H groups in total. The van der Waals surface area contributed by atoms with Crippen molar-refractivity contribution in [1.29, 1.82) is 0 Å². The van der Waals surface area contributed by atoms with E-state index in [4.69, 9.17) is 11.5 Å². The summed E-state index contributed by atoms with van der Waals surface area (Å²) in [5, 5.41) is 1.92. The van der Waals surface area contributed by atoms with Crippen LogP contribution in [0.4, 0.5) is 4.39 Å². The summed E-state index contributed by atoms with van der Waals surface area (Å²) in [6.45, 7) is 0.283. The molecule has 0 bridgehead atoms. The number of halogens is 1. The number of hydrogen-bond acceptors (Lipinski definition) is 4. The van der Waals surface area contributed by atoms with E-state index in [2.05, 4.69) is 4.98 Å². The summed E-state index contributed by atoms with van der Waals surface area (Å²) in [5.74, 6) is -0.307. The minimum Gasteiger partial charge on any atom is -0.329 e. The van der Waals surface area contributed by atoms with Gasteiger partial charge in [-0.3, -0.25) is 4.40 Å². The van der Waals surface area contributed by atoms with Crippen molar-refractivity contribution >= 4 is 16.3 Å². The van der Waals surface area contributed by atoms with Crippen LogP contribution in [-0.4, -0.2) is 15.9 Å². The van der Waals surface area contributed by atoms with E-state index in [0.717, 1.165) is 10.7 Å². The van der Waals surface area contributed by atoms with Crippen molar-refractivity contribution in [2.24, 2.45) is 11.5 Å². The zero-order chi connectivity index (χ0) is 13.4. The zero-order valence-corrected chi connectivity index (χ0v) is 10.9. The molecule has 6 heteroatoms. The molecule has 0 aliphatic heterocycles. The average Bonchev–Trinajstić information content (AvgIpc) is 2.98. The largest absolute Gasteiger partial charge is 0.329 e. The molecule has 4 nitrogen and oxygen atoms in total. The average molecular weight is 276 g/mol. The number of imidazole rings is 1. The molecule has 3 rings (SSSR count). The molecule has 0 saturated carbocycles. The Morgan fingerprint density at radius 3 is 2.89 bits per heavy atom. The van der Waals surface area contributed by atoms with Gasteiger partial charge >= 0.3 is 0 Å². The molecule has 1 unspecified atom stereocenters. The third-order valence-corrected chi connectivity index (χ3v) is 3.79. The lowest BCUT2D eigenvalue weighted by molar-refractivity contribution is 0.629. The fourth-order valence-electron chi connectivity index (χ4n) is 2.12. The first-order valence-electron chi connectivity index (χ1n) is 5.88. The molecule has 0 radical (unpaired) electrons. The number of nitrogens with zero attached hydrogens (tertiary/aromatic N) is 2. The minimum absolute atomic E-state index is 0.283. The van der Waals surface area contributed by atoms with E-state index in [1.807, 2.05) is 16.0 Å². The second-order valence-electron chi connectivity index (χ2n) is 4.22. The van der Waals surface area contributed by atoms with Crippen LogP contribution in [0.1, 0.15) is 11.7 Å². The van der Waals surface area contributed by atoms with Crippen molar-refractivity contribution in [3.8, 4) is 11.3 Å². The number of aromatic nitrogens is 2. The van der Waals surface area contributed by atoms with Crippen molar-refractivity contribution in [3.05, 3.63) is 47.4 Å². The smallest absolute Gasteiger partial charge is 0.194 e. The number of nitrogens with two attached hydrogens (primary N) is 2. The fourth-order valence-corrected chi connectivity index (χ4v) is 2.84. The Balaban J connectivity index is 2.29. The van der Waals surface area contributed by atoms with Crippen LogP contribution < -0.4 is 11.5 Å². The van der Waals surface area contributed by atoms with Crippen LogP contribution in [0, 0.1) is 5.82 Å². The van der Waals surface area contributed by atoms with Gasteiger partial charge in [-0.25, -0.2) is 9.37 Å². The standard InChI is InChI=1S/C13H13FN4S/c14-9-4-2-1-3-8(9)11-12(10(16)7-15)18-5-6-19-13(18)17-11/h1-6,10H,7,15-16H2. The van der Waals surface area contributed by atoms with E-state index in [9.17, 15) is 4.39 Å². The molecule has 1 aromatic carbocycles. The Bertz CT molecular complexity index is 718. The van der Waals surface area contributed by atoms with Gasteiger partial charge in [-0.05, 0) is 12.1 Å². The number of benzene rings is 1. The van der Waals surface area contributed by atoms with Crippen molar-refractivity contribution in [2.45, 2.75) is 6.04 Å². The molecule has 0 amide bonds. The molecule has 2 heterocycles. The molecule has 0 spiro atoms. The minimum atomic E-state index is -0.376. The topological polar surface area (TPSA) is 69.3 Å². The molecule has 0 fully saturated rings. The van der Waals surface area contributed by atoms with Crippen molar-refractivity contribution < 1.29 is 4.39 Å². The van der Waals surface area contributed by atoms with Crippen molar-refractivity contribution in [1.82, 2.24) is 9.38 Å². The van der Waals surface area contributed by atoms with Crippen molar-refractivity contribution in [2.75, 3.05) is 6.54 Å². The van der Waals surface area contributed by atoms with Gasteiger partial charge < -0.3 is 11.5 Å². The van der Waals surface area contributed by atoms with Gasteiger partial charge in [0, 0.05) is 23.7 Å². The highest BCUT2D eigenvalue weighted by Crippen LogP contribution is 2.31. The van der Waals surface area contributed by atoms with Gasteiger partial charge in [-0.15, -0.1) is 11.3 Å². The van der Waals surface area contributed by atoms with E-state index in [1.165, 1.54) is 17.4 Å². The summed E-state index contributed by atoms with van der Waals surface area (Å²) in [6, 6.07) is 6.18. The van der Waals surface area contributed by atoms with Crippen LogP contribution in [0.25, 0.3) is 16.2 Å². The van der Waals surface area contributed by atoms with Gasteiger partial charge in [0.05, 0.1) is 17.4 Å². The molecule has 98 valence electrons. The summed E-state index contributed by atoms with van der Waals surface area (Å²) >= 11 is 1.48. The Morgan fingerprint density at radius 1 is 1.37 bits per heavy atom. The molecule has 1 atom stereocenters. The molecular weight excluding hydrogens is 263 g/mol. The summed E-state index contributed by atoms with van der Waals surface area (Å²) in [4.78, 5) is 5.27. The maximum absolute atomic E-state index is 13.9. The zero-order valence-electron chi connectivity index (χ0n) is 10.1. The number of fused-ring (bicyclic) bond motifs is 1. The van der Waals surface area contributed by atoms with Crippen molar-refractivity contribution in [3.63, 3.8) is 0 Å². The summed E-state index contributed by atoms with van der Waals surface area (Å²) in [7, 11) is 0. The predicted molar refractivity (Wildman–Crippen MR) is 74.4 cm³/mol. The SMILES string of the molecule is NCC(N)c1c(-c2ccccc2F)nc2sccn12. The molecule has 2 aromatic heterocycles. The molecule has 19 heavy (non-hydrogen) atoms. The molecule has 0 aliphatic carbocycles. The second kappa shape index (κ2) is 4.73. The Kier molecular flexibility index (Phi) is 3.06. The summed E-state index contributed by atoms with van der Waals surface area (Å²) < 4.78 is 15.8. The van der Waals surface area contributed by atoms with Gasteiger partial charge in [0.2, 0.25) is 0 Å². The molecule has 0 aliphatic rings. The van der Waals surface area contributed by atoms with E-state index in [1.54, 1.807) is 18.2 Å². The summed E-state index contributed by atoms with van der Waals surface area (Å²) in [6.07, 6.45) is 1.88. The first-order valence-corrected chi connectivity index (χ1v) is 6.76. The van der Waals surface area contributed by atoms with Crippen LogP contribution in [0.3, 0.4) is 0 Å². The van der Waals surface area contributed by atoms with Crippen LogP contribution in [-0.2, 0) is 0 Å². The lowest BCUT2D eigenvalue weighted by Crippen LogP contribution is -2.22. The van der Waals surface area contributed by atoms with Crippen LogP contribution in [0.2, 0.25) is 0 Å². The fraction of sp³-hybridized carbons (Fsp3) is 0.154. The highest BCUT2D eigenvalue weighted by atomic mass is 32.1. The van der Waals surface area contributed by atoms with E-state index in [-0.39, 0.29) is 18.4 Å². The maximum Gasteiger partial charge on any atom is 0.194 e. The van der Waals surface area contributed by atoms with Gasteiger partial charge in [0.1, 0.15) is 5.82 Å². The third kappa shape index (κ3) is 1.94. The summed E-state index contributed by atoms with van der Waals surface area (Å²) in [5.41, 5.74) is 13.5. The molecular formula is C13H13FN4S. The van der Waals surface area contributed by atoms with Gasteiger partial charge in [-0.1, -0.05) is 12.1 Å². The Labute approximate surface area is 113 Å².